The van der Waals surface area contributed by atoms with E-state index in [2.05, 4.69) is 35.9 Å². The van der Waals surface area contributed by atoms with E-state index in [0.29, 0.717) is 0 Å². The van der Waals surface area contributed by atoms with Crippen LogP contribution in [0, 0.1) is 6.92 Å². The van der Waals surface area contributed by atoms with E-state index in [-0.39, 0.29) is 11.2 Å². The average Bonchev–Trinajstić information content (AvgIpc) is 2.87. The molecule has 2 aliphatic heterocycles. The Hall–Kier alpha value is -0.910. The van der Waals surface area contributed by atoms with E-state index in [1.54, 1.807) is 0 Å². The maximum Gasteiger partial charge on any atom is 0.107 e. The fourth-order valence-electron chi connectivity index (χ4n) is 3.31. The SMILES string of the molecule is Cc1cn[nH]c1CN1CC(C)(C)OC2(CCOC2)C1. The minimum absolute atomic E-state index is 0.115. The molecule has 106 valence electrons. The van der Waals surface area contributed by atoms with Crippen molar-refractivity contribution in [3.8, 4) is 0 Å². The Balaban J connectivity index is 1.76. The number of hydrogen-bond acceptors (Lipinski definition) is 4. The molecule has 0 aromatic carbocycles. The molecule has 0 aliphatic carbocycles. The van der Waals surface area contributed by atoms with Crippen LogP contribution in [0.1, 0.15) is 31.5 Å². The predicted octanol–water partition coefficient (Wildman–Crippen LogP) is 1.49. The minimum Gasteiger partial charge on any atom is -0.378 e. The predicted molar refractivity (Wildman–Crippen MR) is 71.9 cm³/mol. The monoisotopic (exact) mass is 265 g/mol. The van der Waals surface area contributed by atoms with Gasteiger partial charge in [-0.05, 0) is 26.3 Å². The van der Waals surface area contributed by atoms with E-state index in [0.717, 1.165) is 39.3 Å². The number of aryl methyl sites for hydroxylation is 1. The first-order valence-corrected chi connectivity index (χ1v) is 6.97. The lowest BCUT2D eigenvalue weighted by molar-refractivity contribution is -0.197. The lowest BCUT2D eigenvalue weighted by Gasteiger charge is -2.48. The lowest BCUT2D eigenvalue weighted by Crippen LogP contribution is -2.59. The molecule has 2 saturated heterocycles. The van der Waals surface area contributed by atoms with Crippen molar-refractivity contribution in [2.45, 2.75) is 44.9 Å². The largest absolute Gasteiger partial charge is 0.378 e. The summed E-state index contributed by atoms with van der Waals surface area (Å²) in [4.78, 5) is 2.46. The third-order valence-electron chi connectivity index (χ3n) is 3.99. The molecule has 1 N–H and O–H groups in total. The summed E-state index contributed by atoms with van der Waals surface area (Å²) in [5, 5.41) is 7.20. The number of ether oxygens (including phenoxy) is 2. The molecule has 1 unspecified atom stereocenters. The van der Waals surface area contributed by atoms with E-state index in [1.807, 2.05) is 6.20 Å². The van der Waals surface area contributed by atoms with Crippen molar-refractivity contribution in [1.29, 1.82) is 0 Å². The zero-order chi connectivity index (χ0) is 13.5. The number of morpholine rings is 1. The molecule has 1 aromatic rings. The van der Waals surface area contributed by atoms with Crippen molar-refractivity contribution in [2.75, 3.05) is 26.3 Å². The zero-order valence-electron chi connectivity index (χ0n) is 12.0. The molecule has 3 rings (SSSR count). The van der Waals surface area contributed by atoms with Crippen LogP contribution in [0.25, 0.3) is 0 Å². The fourth-order valence-corrected chi connectivity index (χ4v) is 3.31. The number of rotatable bonds is 2. The van der Waals surface area contributed by atoms with Crippen molar-refractivity contribution in [3.05, 3.63) is 17.5 Å². The molecule has 2 fully saturated rings. The van der Waals surface area contributed by atoms with E-state index in [1.165, 1.54) is 11.3 Å². The van der Waals surface area contributed by atoms with Gasteiger partial charge in [-0.3, -0.25) is 10.00 Å². The number of nitrogens with one attached hydrogen (secondary N) is 1. The highest BCUT2D eigenvalue weighted by Gasteiger charge is 2.46. The summed E-state index contributed by atoms with van der Waals surface area (Å²) in [7, 11) is 0. The van der Waals surface area contributed by atoms with E-state index < -0.39 is 0 Å². The van der Waals surface area contributed by atoms with Gasteiger partial charge in [0.25, 0.3) is 0 Å². The maximum absolute atomic E-state index is 6.31. The van der Waals surface area contributed by atoms with Gasteiger partial charge in [0.05, 0.1) is 24.1 Å². The fraction of sp³-hybridized carbons (Fsp3) is 0.786. The van der Waals surface area contributed by atoms with Crippen LogP contribution < -0.4 is 0 Å². The van der Waals surface area contributed by atoms with Crippen molar-refractivity contribution in [3.63, 3.8) is 0 Å². The third-order valence-corrected chi connectivity index (χ3v) is 3.99. The third kappa shape index (κ3) is 2.68. The van der Waals surface area contributed by atoms with Gasteiger partial charge >= 0.3 is 0 Å². The van der Waals surface area contributed by atoms with Crippen LogP contribution in [0.4, 0.5) is 0 Å². The summed E-state index contributed by atoms with van der Waals surface area (Å²) in [5.41, 5.74) is 2.18. The highest BCUT2D eigenvalue weighted by Crippen LogP contribution is 2.35. The van der Waals surface area contributed by atoms with Crippen molar-refractivity contribution in [2.24, 2.45) is 0 Å². The number of hydrogen-bond donors (Lipinski definition) is 1. The first-order valence-electron chi connectivity index (χ1n) is 6.97. The molecular formula is C14H23N3O2. The number of aromatic nitrogens is 2. The molecule has 5 nitrogen and oxygen atoms in total. The van der Waals surface area contributed by atoms with Crippen LogP contribution in [0.3, 0.4) is 0 Å². The molecule has 0 radical (unpaired) electrons. The molecule has 2 aliphatic rings. The second kappa shape index (κ2) is 4.58. The van der Waals surface area contributed by atoms with Crippen LogP contribution in [0.15, 0.2) is 6.20 Å². The van der Waals surface area contributed by atoms with Gasteiger partial charge in [-0.1, -0.05) is 0 Å². The number of aromatic amines is 1. The van der Waals surface area contributed by atoms with Crippen LogP contribution >= 0.6 is 0 Å². The van der Waals surface area contributed by atoms with Crippen LogP contribution in [0.5, 0.6) is 0 Å². The molecule has 0 saturated carbocycles. The first-order chi connectivity index (χ1) is 8.98. The van der Waals surface area contributed by atoms with Crippen molar-refractivity contribution >= 4 is 0 Å². The van der Waals surface area contributed by atoms with Crippen LogP contribution in [0.2, 0.25) is 0 Å². The Bertz CT molecular complexity index is 449. The summed E-state index contributed by atoms with van der Waals surface area (Å²) >= 11 is 0. The smallest absolute Gasteiger partial charge is 0.107 e. The number of nitrogens with zero attached hydrogens (tertiary/aromatic N) is 2. The lowest BCUT2D eigenvalue weighted by atomic mass is 9.94. The molecule has 19 heavy (non-hydrogen) atoms. The highest BCUT2D eigenvalue weighted by atomic mass is 16.6. The summed E-state index contributed by atoms with van der Waals surface area (Å²) in [6.07, 6.45) is 2.88. The van der Waals surface area contributed by atoms with Gasteiger partial charge in [0.2, 0.25) is 0 Å². The van der Waals surface area contributed by atoms with Gasteiger partial charge < -0.3 is 9.47 Å². The minimum atomic E-state index is -0.125. The Morgan fingerprint density at radius 2 is 2.26 bits per heavy atom. The Morgan fingerprint density at radius 1 is 1.42 bits per heavy atom. The summed E-state index contributed by atoms with van der Waals surface area (Å²) in [6.45, 7) is 10.7. The topological polar surface area (TPSA) is 50.4 Å². The second-order valence-electron chi connectivity index (χ2n) is 6.52. The highest BCUT2D eigenvalue weighted by molar-refractivity contribution is 5.14. The van der Waals surface area contributed by atoms with Gasteiger partial charge in [0, 0.05) is 32.7 Å². The maximum atomic E-state index is 6.31. The van der Waals surface area contributed by atoms with E-state index in [4.69, 9.17) is 9.47 Å². The standard InChI is InChI=1S/C14H23N3O2/c1-11-6-15-16-12(11)7-17-8-13(2,3)19-14(9-17)4-5-18-10-14/h6H,4-5,7-10H2,1-3H3,(H,15,16). The summed E-state index contributed by atoms with van der Waals surface area (Å²) < 4.78 is 11.9. The average molecular weight is 265 g/mol. The molecule has 1 aromatic heterocycles. The van der Waals surface area contributed by atoms with Gasteiger partial charge in [0.15, 0.2) is 0 Å². The van der Waals surface area contributed by atoms with E-state index in [9.17, 15) is 0 Å². The quantitative estimate of drug-likeness (QED) is 0.880. The van der Waals surface area contributed by atoms with Crippen molar-refractivity contribution < 1.29 is 9.47 Å². The molecule has 3 heterocycles. The molecule has 0 amide bonds. The Kier molecular flexibility index (Phi) is 3.15. The summed E-state index contributed by atoms with van der Waals surface area (Å²) in [6, 6.07) is 0. The number of H-pyrrole nitrogens is 1. The van der Waals surface area contributed by atoms with Gasteiger partial charge in [0.1, 0.15) is 5.60 Å². The van der Waals surface area contributed by atoms with Crippen molar-refractivity contribution in [1.82, 2.24) is 15.1 Å². The molecule has 5 heteroatoms. The summed E-state index contributed by atoms with van der Waals surface area (Å²) in [5.74, 6) is 0. The van der Waals surface area contributed by atoms with Crippen LogP contribution in [-0.4, -0.2) is 52.6 Å². The van der Waals surface area contributed by atoms with Gasteiger partial charge in [-0.15, -0.1) is 0 Å². The van der Waals surface area contributed by atoms with E-state index >= 15 is 0 Å². The molecule has 1 spiro atoms. The Labute approximate surface area is 114 Å². The normalized spacial score (nSPS) is 31.1. The zero-order valence-corrected chi connectivity index (χ0v) is 12.0. The van der Waals surface area contributed by atoms with Crippen LogP contribution in [-0.2, 0) is 16.0 Å². The molecule has 1 atom stereocenters. The molecule has 0 bridgehead atoms. The Morgan fingerprint density at radius 3 is 2.89 bits per heavy atom. The molecular weight excluding hydrogens is 242 g/mol. The van der Waals surface area contributed by atoms with Gasteiger partial charge in [-0.2, -0.15) is 5.10 Å². The second-order valence-corrected chi connectivity index (χ2v) is 6.52. The first kappa shape index (κ1) is 13.1. The van der Waals surface area contributed by atoms with Gasteiger partial charge in [-0.25, -0.2) is 0 Å².